The minimum Gasteiger partial charge on any atom is -0.444 e. The largest absolute Gasteiger partial charge is 0.444 e. The predicted molar refractivity (Wildman–Crippen MR) is 116 cm³/mol. The van der Waals surface area contributed by atoms with E-state index in [1.807, 2.05) is 25.7 Å². The van der Waals surface area contributed by atoms with E-state index in [2.05, 4.69) is 45.8 Å². The van der Waals surface area contributed by atoms with Crippen LogP contribution < -0.4 is 0 Å². The molecule has 1 aliphatic rings. The number of carbonyl (C=O) groups is 1. The number of amides is 1. The first-order valence-corrected chi connectivity index (χ1v) is 13.4. The van der Waals surface area contributed by atoms with Crippen molar-refractivity contribution in [3.05, 3.63) is 0 Å². The number of rotatable bonds is 7. The van der Waals surface area contributed by atoms with E-state index in [1.165, 1.54) is 6.42 Å². The second-order valence-corrected chi connectivity index (χ2v) is 15.4. The molecule has 0 aromatic rings. The van der Waals surface area contributed by atoms with Crippen molar-refractivity contribution in [3.8, 4) is 0 Å². The molecule has 0 radical (unpaired) electrons. The molecule has 1 aliphatic heterocycles. The number of carbonyl (C=O) groups excluding carboxylic acids is 1. The summed E-state index contributed by atoms with van der Waals surface area (Å²) in [6, 6.07) is 0. The van der Waals surface area contributed by atoms with Gasteiger partial charge in [-0.15, -0.1) is 0 Å². The van der Waals surface area contributed by atoms with Gasteiger partial charge in [-0.3, -0.25) is 0 Å². The van der Waals surface area contributed by atoms with E-state index < -0.39 is 13.9 Å². The first-order valence-electron chi connectivity index (χ1n) is 10.5. The van der Waals surface area contributed by atoms with Crippen LogP contribution in [0.1, 0.15) is 60.8 Å². The fourth-order valence-electron chi connectivity index (χ4n) is 2.92. The summed E-state index contributed by atoms with van der Waals surface area (Å²) in [5.41, 5.74) is -0.414. The molecule has 0 unspecified atom stereocenters. The van der Waals surface area contributed by atoms with Crippen LogP contribution in [0.5, 0.6) is 0 Å². The maximum Gasteiger partial charge on any atom is 0.410 e. The molecule has 0 bridgehead atoms. The maximum atomic E-state index is 12.1. The van der Waals surface area contributed by atoms with Gasteiger partial charge in [0.15, 0.2) is 8.32 Å². The van der Waals surface area contributed by atoms with Gasteiger partial charge in [-0.2, -0.15) is 0 Å². The SMILES string of the molecule is CN(CCO[Si](C)(C)C(C)(C)C)CCC1CCN(C(=O)OC(C)(C)C)CC1. The highest BCUT2D eigenvalue weighted by Gasteiger charge is 2.37. The van der Waals surface area contributed by atoms with Gasteiger partial charge < -0.3 is 19.0 Å². The summed E-state index contributed by atoms with van der Waals surface area (Å²) >= 11 is 0. The van der Waals surface area contributed by atoms with Crippen molar-refractivity contribution >= 4 is 14.4 Å². The van der Waals surface area contributed by atoms with Gasteiger partial charge in [0, 0.05) is 26.2 Å². The van der Waals surface area contributed by atoms with Crippen LogP contribution in [0.2, 0.25) is 18.1 Å². The molecule has 0 aromatic carbocycles. The van der Waals surface area contributed by atoms with Crippen LogP contribution in [0, 0.1) is 5.92 Å². The Balaban J connectivity index is 2.23. The zero-order chi connectivity index (χ0) is 20.9. The number of likely N-dealkylation sites (tertiary alicyclic amines) is 1. The van der Waals surface area contributed by atoms with E-state index in [0.717, 1.165) is 45.6 Å². The lowest BCUT2D eigenvalue weighted by molar-refractivity contribution is 0.0178. The molecule has 1 fully saturated rings. The molecule has 0 atom stereocenters. The smallest absolute Gasteiger partial charge is 0.410 e. The summed E-state index contributed by atoms with van der Waals surface area (Å²) in [6.07, 6.45) is 3.18. The van der Waals surface area contributed by atoms with Crippen LogP contribution >= 0.6 is 0 Å². The van der Waals surface area contributed by atoms with Crippen LogP contribution in [-0.4, -0.2) is 69.6 Å². The summed E-state index contributed by atoms with van der Waals surface area (Å²) < 4.78 is 11.8. The lowest BCUT2D eigenvalue weighted by Crippen LogP contribution is -2.43. The molecule has 0 N–H and O–H groups in total. The van der Waals surface area contributed by atoms with Crippen LogP contribution in [0.4, 0.5) is 4.79 Å². The molecule has 27 heavy (non-hydrogen) atoms. The van der Waals surface area contributed by atoms with Crippen molar-refractivity contribution in [2.24, 2.45) is 5.92 Å². The van der Waals surface area contributed by atoms with Gasteiger partial charge in [0.1, 0.15) is 5.60 Å². The first kappa shape index (κ1) is 24.4. The number of nitrogens with zero attached hydrogens (tertiary/aromatic N) is 2. The van der Waals surface area contributed by atoms with Gasteiger partial charge in [-0.1, -0.05) is 20.8 Å². The molecule has 5 nitrogen and oxygen atoms in total. The molecule has 0 aliphatic carbocycles. The lowest BCUT2D eigenvalue weighted by Gasteiger charge is -2.36. The molecule has 0 saturated carbocycles. The molecule has 1 rings (SSSR count). The maximum absolute atomic E-state index is 12.1. The molecule has 160 valence electrons. The average molecular weight is 401 g/mol. The van der Waals surface area contributed by atoms with E-state index in [-0.39, 0.29) is 11.1 Å². The van der Waals surface area contributed by atoms with Crippen LogP contribution in [-0.2, 0) is 9.16 Å². The van der Waals surface area contributed by atoms with Crippen molar-refractivity contribution in [1.29, 1.82) is 0 Å². The second kappa shape index (κ2) is 9.75. The number of hydrogen-bond acceptors (Lipinski definition) is 4. The topological polar surface area (TPSA) is 42.0 Å². The Morgan fingerprint density at radius 2 is 1.63 bits per heavy atom. The van der Waals surface area contributed by atoms with Gasteiger partial charge >= 0.3 is 6.09 Å². The van der Waals surface area contributed by atoms with E-state index in [0.29, 0.717) is 5.92 Å². The fraction of sp³-hybridized carbons (Fsp3) is 0.952. The Bertz CT molecular complexity index is 461. The van der Waals surface area contributed by atoms with E-state index >= 15 is 0 Å². The number of piperidine rings is 1. The summed E-state index contributed by atoms with van der Waals surface area (Å²) in [5.74, 6) is 0.701. The highest BCUT2D eigenvalue weighted by molar-refractivity contribution is 6.74. The summed E-state index contributed by atoms with van der Waals surface area (Å²) in [4.78, 5) is 16.4. The zero-order valence-electron chi connectivity index (χ0n) is 19.4. The Morgan fingerprint density at radius 3 is 2.11 bits per heavy atom. The van der Waals surface area contributed by atoms with Gasteiger partial charge in [-0.05, 0) is 77.7 Å². The zero-order valence-corrected chi connectivity index (χ0v) is 20.4. The van der Waals surface area contributed by atoms with Gasteiger partial charge in [0.25, 0.3) is 0 Å². The number of ether oxygens (including phenoxy) is 1. The van der Waals surface area contributed by atoms with Crippen LogP contribution in [0.25, 0.3) is 0 Å². The van der Waals surface area contributed by atoms with Crippen molar-refractivity contribution < 1.29 is 14.0 Å². The quantitative estimate of drug-likeness (QED) is 0.565. The van der Waals surface area contributed by atoms with Gasteiger partial charge in [0.2, 0.25) is 0 Å². The van der Waals surface area contributed by atoms with E-state index in [1.54, 1.807) is 0 Å². The monoisotopic (exact) mass is 400 g/mol. The highest BCUT2D eigenvalue weighted by atomic mass is 28.4. The Hall–Kier alpha value is -0.593. The Labute approximate surface area is 168 Å². The number of hydrogen-bond donors (Lipinski definition) is 0. The minimum absolute atomic E-state index is 0.166. The van der Waals surface area contributed by atoms with Gasteiger partial charge in [-0.25, -0.2) is 4.79 Å². The first-order chi connectivity index (χ1) is 12.2. The van der Waals surface area contributed by atoms with Crippen LogP contribution in [0.15, 0.2) is 0 Å². The summed E-state index contributed by atoms with van der Waals surface area (Å²) in [5, 5.41) is 0.272. The van der Waals surface area contributed by atoms with Crippen molar-refractivity contribution in [2.45, 2.75) is 84.5 Å². The normalized spacial score (nSPS) is 17.5. The lowest BCUT2D eigenvalue weighted by atomic mass is 9.93. The third-order valence-electron chi connectivity index (χ3n) is 5.93. The Morgan fingerprint density at radius 1 is 1.07 bits per heavy atom. The average Bonchev–Trinajstić information content (AvgIpc) is 2.50. The van der Waals surface area contributed by atoms with Crippen molar-refractivity contribution in [2.75, 3.05) is 39.8 Å². The fourth-order valence-corrected chi connectivity index (χ4v) is 3.95. The Kier molecular flexibility index (Phi) is 8.82. The standard InChI is InChI=1S/C21H44N2O3Si/c1-20(2,3)26-19(24)23-14-11-18(12-15-23)10-13-22(7)16-17-25-27(8,9)21(4,5)6/h18H,10-17H2,1-9H3. The molecule has 1 amide bonds. The molecule has 6 heteroatoms. The molecular weight excluding hydrogens is 356 g/mol. The highest BCUT2D eigenvalue weighted by Crippen LogP contribution is 2.36. The predicted octanol–water partition coefficient (Wildman–Crippen LogP) is 4.98. The second-order valence-electron chi connectivity index (χ2n) is 10.6. The van der Waals surface area contributed by atoms with E-state index in [9.17, 15) is 4.79 Å². The van der Waals surface area contributed by atoms with Gasteiger partial charge in [0.05, 0.1) is 0 Å². The van der Waals surface area contributed by atoms with Crippen LogP contribution in [0.3, 0.4) is 0 Å². The van der Waals surface area contributed by atoms with Crippen molar-refractivity contribution in [1.82, 2.24) is 9.80 Å². The summed E-state index contributed by atoms with van der Waals surface area (Å²) in [6.45, 7) is 21.8. The third-order valence-corrected chi connectivity index (χ3v) is 10.5. The van der Waals surface area contributed by atoms with Crippen molar-refractivity contribution in [3.63, 3.8) is 0 Å². The van der Waals surface area contributed by atoms with E-state index in [4.69, 9.17) is 9.16 Å². The summed E-state index contributed by atoms with van der Waals surface area (Å²) in [7, 11) is 0.547. The minimum atomic E-state index is -1.64. The molecule has 1 heterocycles. The number of likely N-dealkylation sites (N-methyl/N-ethyl adjacent to an activating group) is 1. The third kappa shape index (κ3) is 8.96. The molecule has 0 spiro atoms. The molecular formula is C21H44N2O3Si. The molecule has 1 saturated heterocycles. The molecule has 0 aromatic heterocycles.